The van der Waals surface area contributed by atoms with Gasteiger partial charge in [-0.3, -0.25) is 0 Å². The van der Waals surface area contributed by atoms with Crippen molar-refractivity contribution in [2.24, 2.45) is 43.3 Å². The number of ether oxygens (including phenoxy) is 7. The van der Waals surface area contributed by atoms with Crippen LogP contribution >= 0.6 is 0 Å². The van der Waals surface area contributed by atoms with Gasteiger partial charge in [-0.1, -0.05) is 188 Å². The average Bonchev–Trinajstić information content (AvgIpc) is 3.67. The summed E-state index contributed by atoms with van der Waals surface area (Å²) in [6.45, 7) is 56.3. The third kappa shape index (κ3) is 18.4. The predicted molar refractivity (Wildman–Crippen MR) is 250 cm³/mol. The summed E-state index contributed by atoms with van der Waals surface area (Å²) in [6.07, 6.45) is -2.46. The fraction of sp³-hybridized carbons (Fsp3) is 0.843. The van der Waals surface area contributed by atoms with Crippen LogP contribution in [0.5, 0.6) is 0 Å². The van der Waals surface area contributed by atoms with E-state index in [4.69, 9.17) is 23.7 Å². The first-order chi connectivity index (χ1) is 24.8. The Kier molecular flexibility index (Phi) is 20.9. The first-order valence-corrected chi connectivity index (χ1v) is 20.8. The van der Waals surface area contributed by atoms with E-state index in [1.165, 1.54) is 11.3 Å². The fourth-order valence-electron chi connectivity index (χ4n) is 6.36. The molecule has 0 atom stereocenters. The summed E-state index contributed by atoms with van der Waals surface area (Å²) in [7, 11) is 0. The third-order valence-corrected chi connectivity index (χ3v) is 8.97. The molecule has 7 nitrogen and oxygen atoms in total. The lowest BCUT2D eigenvalue weighted by molar-refractivity contribution is -0.342. The summed E-state index contributed by atoms with van der Waals surface area (Å²) in [5.41, 5.74) is 0.980. The highest BCUT2D eigenvalue weighted by molar-refractivity contribution is 5.27. The topological polar surface area (TPSA) is 64.6 Å². The van der Waals surface area contributed by atoms with Crippen LogP contribution in [0.2, 0.25) is 0 Å². The van der Waals surface area contributed by atoms with Crippen LogP contribution in [0.15, 0.2) is 45.9 Å². The molecule has 0 radical (unpaired) electrons. The summed E-state index contributed by atoms with van der Waals surface area (Å²) in [4.78, 5) is 0. The van der Waals surface area contributed by atoms with Crippen LogP contribution in [0, 0.1) is 43.3 Å². The molecule has 4 rings (SSSR count). The maximum absolute atomic E-state index is 13.0. The molecule has 0 saturated heterocycles. The maximum Gasteiger partial charge on any atom is 0.585 e. The van der Waals surface area contributed by atoms with Gasteiger partial charge in [-0.2, -0.15) is 0 Å². The van der Waals surface area contributed by atoms with Gasteiger partial charge in [-0.25, -0.2) is 0 Å². The molecule has 0 N–H and O–H groups in total. The Morgan fingerprint density at radius 2 is 0.600 bits per heavy atom. The number of rotatable bonds is 0. The molecule has 0 fully saturated rings. The standard InChI is InChI=1S/C14H26O.C12H22O2.C11H18F2O2.C11H20O2.3CH4/c1-12(2,3)10-9-14(7,8)15-11(10)13(4,5)6;1-11(2,3)9-10(12(4,5)6)14-8-7-13-9;1-9(2,3)7-8(10(4,5)6)15-11(12,13)14-7;1-10(2,3)8-9(11(4,5)6)13-7-12-8;;;/h9H2,1-8H3;7-8H2,1-6H3;1-6H3;7H2,1-6H3;3*1H4. The molecule has 4 heterocycles. The van der Waals surface area contributed by atoms with Crippen molar-refractivity contribution in [3.8, 4) is 0 Å². The van der Waals surface area contributed by atoms with Crippen molar-refractivity contribution in [1.82, 2.24) is 0 Å². The van der Waals surface area contributed by atoms with Crippen molar-refractivity contribution in [2.45, 2.75) is 221 Å². The van der Waals surface area contributed by atoms with Crippen LogP contribution in [0.3, 0.4) is 0 Å². The quantitative estimate of drug-likeness (QED) is 0.240. The van der Waals surface area contributed by atoms with E-state index in [1.807, 2.05) is 41.5 Å². The highest BCUT2D eigenvalue weighted by Gasteiger charge is 2.51. The minimum absolute atomic E-state index is 0. The van der Waals surface area contributed by atoms with Crippen LogP contribution in [0.1, 0.15) is 209 Å². The molecule has 0 unspecified atom stereocenters. The zero-order chi connectivity index (χ0) is 45.4. The summed E-state index contributed by atoms with van der Waals surface area (Å²) in [5, 5.41) is 0. The van der Waals surface area contributed by atoms with E-state index >= 15 is 0 Å². The normalized spacial score (nSPS) is 19.3. The lowest BCUT2D eigenvalue weighted by Gasteiger charge is -2.35. The van der Waals surface area contributed by atoms with Crippen LogP contribution in [0.4, 0.5) is 8.78 Å². The monoisotopic (exact) mass is 861 g/mol. The lowest BCUT2D eigenvalue weighted by atomic mass is 9.78. The van der Waals surface area contributed by atoms with Crippen molar-refractivity contribution in [3.63, 3.8) is 0 Å². The number of hydrogen-bond donors (Lipinski definition) is 0. The number of halogens is 2. The molecular formula is C51H98F2O7. The Morgan fingerprint density at radius 1 is 0.350 bits per heavy atom. The van der Waals surface area contributed by atoms with E-state index < -0.39 is 17.1 Å². The van der Waals surface area contributed by atoms with Crippen molar-refractivity contribution in [3.05, 3.63) is 45.9 Å². The minimum atomic E-state index is -3.52. The first-order valence-electron chi connectivity index (χ1n) is 20.8. The van der Waals surface area contributed by atoms with Crippen molar-refractivity contribution >= 4 is 0 Å². The Labute approximate surface area is 370 Å². The molecule has 0 aromatic rings. The van der Waals surface area contributed by atoms with Crippen LogP contribution in [-0.2, 0) is 33.2 Å². The molecular weight excluding hydrogens is 763 g/mol. The van der Waals surface area contributed by atoms with E-state index in [0.717, 1.165) is 29.5 Å². The van der Waals surface area contributed by atoms with Gasteiger partial charge >= 0.3 is 6.29 Å². The van der Waals surface area contributed by atoms with Gasteiger partial charge in [-0.05, 0) is 24.8 Å². The summed E-state index contributed by atoms with van der Waals surface area (Å²) < 4.78 is 63.8. The van der Waals surface area contributed by atoms with E-state index in [2.05, 4.69) is 148 Å². The molecule has 0 spiro atoms. The summed E-state index contributed by atoms with van der Waals surface area (Å²) in [5.74, 6) is 5.70. The minimum Gasteiger partial charge on any atom is -0.491 e. The average molecular weight is 861 g/mol. The zero-order valence-corrected chi connectivity index (χ0v) is 41.4. The Morgan fingerprint density at radius 3 is 0.817 bits per heavy atom. The second kappa shape index (κ2) is 20.3. The van der Waals surface area contributed by atoms with Gasteiger partial charge in [0.1, 0.15) is 47.6 Å². The van der Waals surface area contributed by atoms with Crippen molar-refractivity contribution < 1.29 is 41.9 Å². The summed E-state index contributed by atoms with van der Waals surface area (Å²) in [6, 6.07) is 0. The van der Waals surface area contributed by atoms with Crippen molar-refractivity contribution in [1.29, 1.82) is 0 Å². The largest absolute Gasteiger partial charge is 0.585 e. The molecule has 0 aromatic carbocycles. The van der Waals surface area contributed by atoms with Gasteiger partial charge in [0, 0.05) is 44.3 Å². The van der Waals surface area contributed by atoms with E-state index in [0.29, 0.717) is 20.0 Å². The third-order valence-electron chi connectivity index (χ3n) is 8.97. The Balaban J connectivity index is -0.000000711. The smallest absolute Gasteiger partial charge is 0.491 e. The van der Waals surface area contributed by atoms with E-state index in [1.54, 1.807) is 0 Å². The predicted octanol–water partition coefficient (Wildman–Crippen LogP) is 17.0. The molecule has 4 aliphatic rings. The van der Waals surface area contributed by atoms with Gasteiger partial charge in [0.05, 0.1) is 0 Å². The van der Waals surface area contributed by atoms with E-state index in [-0.39, 0.29) is 71.9 Å². The molecule has 60 heavy (non-hydrogen) atoms. The molecule has 4 aliphatic heterocycles. The SMILES string of the molecule is C.C.C.CC(C)(C)C1=C(C(C)(C)C)OC(F)(F)O1.CC(C)(C)C1=C(C(C)(C)C)OCCO1.CC(C)(C)C1=C(C(C)(C)C)OCO1.CC1(C)CC(C(C)(C)C)=C(C(C)(C)C)O1. The maximum atomic E-state index is 13.0. The number of hydrogen-bond acceptors (Lipinski definition) is 7. The van der Waals surface area contributed by atoms with Gasteiger partial charge in [-0.15, -0.1) is 8.78 Å². The second-order valence-electron chi connectivity index (χ2n) is 24.6. The second-order valence-corrected chi connectivity index (χ2v) is 24.6. The van der Waals surface area contributed by atoms with Gasteiger partial charge in [0.15, 0.2) is 11.5 Å². The molecule has 9 heteroatoms. The van der Waals surface area contributed by atoms with Gasteiger partial charge in [0.25, 0.3) is 0 Å². The molecule has 0 saturated carbocycles. The number of allylic oxidation sites excluding steroid dienone is 7. The molecule has 0 aliphatic carbocycles. The molecule has 0 aromatic heterocycles. The molecule has 358 valence electrons. The lowest BCUT2D eigenvalue weighted by Crippen LogP contribution is -2.28. The fourth-order valence-corrected chi connectivity index (χ4v) is 6.36. The highest BCUT2D eigenvalue weighted by atomic mass is 19.3. The highest BCUT2D eigenvalue weighted by Crippen LogP contribution is 2.49. The number of alkyl halides is 2. The summed E-state index contributed by atoms with van der Waals surface area (Å²) >= 11 is 0. The van der Waals surface area contributed by atoms with Crippen molar-refractivity contribution in [2.75, 3.05) is 20.0 Å². The first kappa shape index (κ1) is 61.7. The van der Waals surface area contributed by atoms with Gasteiger partial charge in [0.2, 0.25) is 6.79 Å². The Bertz CT molecular complexity index is 1330. The van der Waals surface area contributed by atoms with E-state index in [9.17, 15) is 8.78 Å². The van der Waals surface area contributed by atoms with Crippen LogP contribution in [0.25, 0.3) is 0 Å². The molecule has 0 bridgehead atoms. The van der Waals surface area contributed by atoms with Gasteiger partial charge < -0.3 is 33.2 Å². The van der Waals surface area contributed by atoms with Crippen LogP contribution < -0.4 is 0 Å². The zero-order valence-electron chi connectivity index (χ0n) is 41.4. The van der Waals surface area contributed by atoms with Crippen LogP contribution in [-0.4, -0.2) is 31.9 Å². The Hall–Kier alpha value is -2.58. The molecule has 0 amide bonds.